The second-order valence-corrected chi connectivity index (χ2v) is 11.9. The Morgan fingerprint density at radius 2 is 1.95 bits per heavy atom. The fourth-order valence-electron chi connectivity index (χ4n) is 4.69. The summed E-state index contributed by atoms with van der Waals surface area (Å²) in [4.78, 5) is 54.0. The number of hydrogen-bond acceptors (Lipinski definition) is 11. The highest BCUT2D eigenvalue weighted by Crippen LogP contribution is 2.28. The molecule has 16 heteroatoms. The minimum absolute atomic E-state index is 0.00951. The molecule has 3 rings (SSSR count). The molecule has 2 amide bonds. The molecule has 1 aromatic rings. The topological polar surface area (TPSA) is 211 Å². The van der Waals surface area contributed by atoms with E-state index in [1.165, 1.54) is 29.2 Å². The molecule has 1 heterocycles. The number of carbonyl (C=O) groups excluding carboxylic acids is 4. The summed E-state index contributed by atoms with van der Waals surface area (Å²) in [6.45, 7) is 3.56. The van der Waals surface area contributed by atoms with E-state index in [0.29, 0.717) is 32.5 Å². The number of morpholine rings is 1. The van der Waals surface area contributed by atoms with E-state index in [1.54, 1.807) is 6.92 Å². The van der Waals surface area contributed by atoms with Gasteiger partial charge in [0.25, 0.3) is 0 Å². The smallest absolute Gasteiger partial charge is 0.339 e. The number of amides is 2. The van der Waals surface area contributed by atoms with Crippen molar-refractivity contribution in [2.24, 2.45) is 5.73 Å². The molecule has 15 nitrogen and oxygen atoms in total. The summed E-state index contributed by atoms with van der Waals surface area (Å²) >= 11 is 0. The number of carbonyl (C=O) groups is 4. The van der Waals surface area contributed by atoms with Gasteiger partial charge in [0, 0.05) is 32.2 Å². The number of amidine groups is 1. The Hall–Kier alpha value is -3.60. The van der Waals surface area contributed by atoms with Crippen molar-refractivity contribution < 1.29 is 41.8 Å². The van der Waals surface area contributed by atoms with Crippen molar-refractivity contribution in [3.63, 3.8) is 0 Å². The predicted octanol–water partition coefficient (Wildman–Crippen LogP) is -0.793. The second kappa shape index (κ2) is 15.7. The van der Waals surface area contributed by atoms with Gasteiger partial charge in [0.2, 0.25) is 21.8 Å². The van der Waals surface area contributed by atoms with Gasteiger partial charge < -0.3 is 30.2 Å². The Bertz CT molecular complexity index is 1290. The van der Waals surface area contributed by atoms with Gasteiger partial charge >= 0.3 is 11.9 Å². The predicted molar refractivity (Wildman–Crippen MR) is 154 cm³/mol. The molecule has 1 aromatic carbocycles. The largest absolute Gasteiger partial charge is 0.466 e. The summed E-state index contributed by atoms with van der Waals surface area (Å²) in [6, 6.07) is 3.61. The number of nitrogens with one attached hydrogen (secondary N) is 3. The molecular weight excluding hydrogens is 584 g/mol. The molecule has 238 valence electrons. The molecule has 43 heavy (non-hydrogen) atoms. The molecule has 1 unspecified atom stereocenters. The van der Waals surface area contributed by atoms with Crippen molar-refractivity contribution in [3.05, 3.63) is 29.8 Å². The molecule has 1 aliphatic carbocycles. The van der Waals surface area contributed by atoms with Crippen molar-refractivity contribution in [3.8, 4) is 0 Å². The molecular formula is C27H40N6O9S. The van der Waals surface area contributed by atoms with E-state index >= 15 is 0 Å². The van der Waals surface area contributed by atoms with E-state index in [-0.39, 0.29) is 50.1 Å². The van der Waals surface area contributed by atoms with Gasteiger partial charge in [0.1, 0.15) is 11.9 Å². The van der Waals surface area contributed by atoms with Gasteiger partial charge in [0.15, 0.2) is 0 Å². The maximum Gasteiger partial charge on any atom is 0.339 e. The molecule has 1 saturated heterocycles. The van der Waals surface area contributed by atoms with Gasteiger partial charge in [-0.3, -0.25) is 24.7 Å². The van der Waals surface area contributed by atoms with E-state index in [4.69, 9.17) is 25.4 Å². The zero-order valence-corrected chi connectivity index (χ0v) is 25.2. The lowest BCUT2D eigenvalue weighted by Gasteiger charge is -2.32. The van der Waals surface area contributed by atoms with Crippen LogP contribution in [0.3, 0.4) is 0 Å². The first-order valence-corrected chi connectivity index (χ1v) is 15.5. The zero-order valence-electron chi connectivity index (χ0n) is 24.4. The van der Waals surface area contributed by atoms with Crippen LogP contribution in [-0.2, 0) is 38.6 Å². The van der Waals surface area contributed by atoms with Crippen LogP contribution in [0.2, 0.25) is 0 Å². The van der Waals surface area contributed by atoms with Crippen molar-refractivity contribution >= 4 is 39.6 Å². The third-order valence-corrected chi connectivity index (χ3v) is 8.37. The zero-order chi connectivity index (χ0) is 31.6. The van der Waals surface area contributed by atoms with Crippen LogP contribution in [0.4, 0.5) is 0 Å². The molecule has 2 aliphatic rings. The highest BCUT2D eigenvalue weighted by molar-refractivity contribution is 7.89. The van der Waals surface area contributed by atoms with Crippen LogP contribution in [0, 0.1) is 5.41 Å². The lowest BCUT2D eigenvalue weighted by Crippen LogP contribution is -2.53. The Balaban J connectivity index is 1.79. The normalized spacial score (nSPS) is 17.9. The molecule has 0 bridgehead atoms. The van der Waals surface area contributed by atoms with E-state index in [9.17, 15) is 27.6 Å². The second-order valence-electron chi connectivity index (χ2n) is 10.2. The molecule has 0 radical (unpaired) electrons. The van der Waals surface area contributed by atoms with Crippen LogP contribution in [0.1, 0.15) is 43.0 Å². The number of rotatable bonds is 16. The van der Waals surface area contributed by atoms with Gasteiger partial charge in [-0.2, -0.15) is 4.72 Å². The van der Waals surface area contributed by atoms with Gasteiger partial charge in [-0.1, -0.05) is 12.1 Å². The molecule has 2 atom stereocenters. The van der Waals surface area contributed by atoms with Gasteiger partial charge in [-0.25, -0.2) is 13.2 Å². The minimum atomic E-state index is -4.50. The quantitative estimate of drug-likeness (QED) is 0.102. The first-order chi connectivity index (χ1) is 20.4. The maximum atomic E-state index is 13.8. The lowest BCUT2D eigenvalue weighted by atomic mass is 10.1. The Labute approximate surface area is 250 Å². The monoisotopic (exact) mass is 624 g/mol. The molecule has 2 fully saturated rings. The number of hydrogen-bond donors (Lipinski definition) is 4. The standard InChI is InChI=1S/C27H40N6O9S/c1-3-41-25(35)10-11-33(18-8-9-18)26(36)21(31-43(38,39)22-7-5-4-6-20(22)27(37)40-2)14-24(34)30-15-19-16-32(12-13-42-19)17-23(28)29/h4-7,18-19,21,31H,3,8-17H2,1-2H3,(H3,28,29)(H,30,34)/t19?,21-/m0/s1. The lowest BCUT2D eigenvalue weighted by molar-refractivity contribution is -0.144. The average Bonchev–Trinajstić information content (AvgIpc) is 3.80. The number of esters is 2. The summed E-state index contributed by atoms with van der Waals surface area (Å²) in [5, 5.41) is 10.2. The van der Waals surface area contributed by atoms with Gasteiger partial charge in [-0.05, 0) is 31.9 Å². The van der Waals surface area contributed by atoms with Crippen LogP contribution < -0.4 is 15.8 Å². The van der Waals surface area contributed by atoms with Gasteiger partial charge in [-0.15, -0.1) is 0 Å². The summed E-state index contributed by atoms with van der Waals surface area (Å²) in [5.74, 6) is -2.68. The van der Waals surface area contributed by atoms with Crippen LogP contribution in [-0.4, -0.2) is 119 Å². The maximum absolute atomic E-state index is 13.8. The van der Waals surface area contributed by atoms with E-state index in [2.05, 4.69) is 10.0 Å². The highest BCUT2D eigenvalue weighted by Gasteiger charge is 2.39. The Kier molecular flexibility index (Phi) is 12.4. The Morgan fingerprint density at radius 1 is 1.23 bits per heavy atom. The van der Waals surface area contributed by atoms with Crippen molar-refractivity contribution in [1.82, 2.24) is 19.8 Å². The van der Waals surface area contributed by atoms with Crippen LogP contribution in [0.15, 0.2) is 29.2 Å². The summed E-state index contributed by atoms with van der Waals surface area (Å²) in [6.07, 6.45) is 0.290. The molecule has 1 saturated carbocycles. The van der Waals surface area contributed by atoms with E-state index in [0.717, 1.165) is 7.11 Å². The van der Waals surface area contributed by atoms with Crippen LogP contribution >= 0.6 is 0 Å². The Morgan fingerprint density at radius 3 is 2.60 bits per heavy atom. The molecule has 0 aromatic heterocycles. The van der Waals surface area contributed by atoms with Crippen LogP contribution in [0.25, 0.3) is 0 Å². The van der Waals surface area contributed by atoms with Crippen LogP contribution in [0.5, 0.6) is 0 Å². The first-order valence-electron chi connectivity index (χ1n) is 14.0. The summed E-state index contributed by atoms with van der Waals surface area (Å²) in [7, 11) is -3.39. The fourth-order valence-corrected chi connectivity index (χ4v) is 6.07. The number of sulfonamides is 1. The third-order valence-electron chi connectivity index (χ3n) is 6.84. The van der Waals surface area contributed by atoms with Crippen molar-refractivity contribution in [2.75, 3.05) is 53.0 Å². The number of methoxy groups -OCH3 is 1. The third kappa shape index (κ3) is 10.3. The van der Waals surface area contributed by atoms with Gasteiger partial charge in [0.05, 0.1) is 56.3 Å². The number of nitrogens with two attached hydrogens (primary N) is 1. The molecule has 5 N–H and O–H groups in total. The number of benzene rings is 1. The number of nitrogens with zero attached hydrogens (tertiary/aromatic N) is 2. The fraction of sp³-hybridized carbons (Fsp3) is 0.593. The molecule has 0 spiro atoms. The van der Waals surface area contributed by atoms with E-state index in [1.807, 2.05) is 4.90 Å². The van der Waals surface area contributed by atoms with E-state index < -0.39 is 57.2 Å². The molecule has 1 aliphatic heterocycles. The highest BCUT2D eigenvalue weighted by atomic mass is 32.2. The average molecular weight is 625 g/mol. The minimum Gasteiger partial charge on any atom is -0.466 e. The SMILES string of the molecule is CCOC(=O)CCN(C(=O)[C@H](CC(=O)NCC1CN(CC(=N)N)CCO1)NS(=O)(=O)c1ccccc1C(=O)OC)C1CC1. The first kappa shape index (κ1) is 33.9. The summed E-state index contributed by atoms with van der Waals surface area (Å²) in [5.41, 5.74) is 5.25. The summed E-state index contributed by atoms with van der Waals surface area (Å²) < 4.78 is 44.7. The van der Waals surface area contributed by atoms with Crippen molar-refractivity contribution in [1.29, 1.82) is 5.41 Å². The van der Waals surface area contributed by atoms with Crippen molar-refractivity contribution in [2.45, 2.75) is 55.7 Å². The number of ether oxygens (including phenoxy) is 3.